The molecular formula is C67H116O5. The van der Waals surface area contributed by atoms with Gasteiger partial charge in [-0.25, -0.2) is 0 Å². The van der Waals surface area contributed by atoms with Gasteiger partial charge in [-0.15, -0.1) is 0 Å². The number of allylic oxidation sites excluding steroid dienone is 16. The van der Waals surface area contributed by atoms with Gasteiger partial charge in [0.15, 0.2) is 6.10 Å². The molecule has 414 valence electrons. The molecule has 0 fully saturated rings. The van der Waals surface area contributed by atoms with Crippen LogP contribution >= 0.6 is 0 Å². The first-order valence-corrected chi connectivity index (χ1v) is 30.8. The van der Waals surface area contributed by atoms with Crippen LogP contribution in [0.25, 0.3) is 0 Å². The fraction of sp³-hybridized carbons (Fsp3) is 0.731. The van der Waals surface area contributed by atoms with E-state index in [1.807, 2.05) is 0 Å². The van der Waals surface area contributed by atoms with Gasteiger partial charge in [0, 0.05) is 12.8 Å². The normalized spacial score (nSPS) is 12.9. The lowest BCUT2D eigenvalue weighted by Crippen LogP contribution is -2.28. The number of hydrogen-bond donors (Lipinski definition) is 1. The second-order valence-corrected chi connectivity index (χ2v) is 20.4. The van der Waals surface area contributed by atoms with Crippen molar-refractivity contribution in [3.63, 3.8) is 0 Å². The molecule has 1 N–H and O–H groups in total. The van der Waals surface area contributed by atoms with Crippen LogP contribution in [0.4, 0.5) is 0 Å². The number of carbonyl (C=O) groups excluding carboxylic acids is 2. The van der Waals surface area contributed by atoms with Crippen molar-refractivity contribution in [1.82, 2.24) is 0 Å². The Hall–Kier alpha value is -3.18. The van der Waals surface area contributed by atoms with Gasteiger partial charge in [0.2, 0.25) is 0 Å². The highest BCUT2D eigenvalue weighted by Crippen LogP contribution is 2.17. The fourth-order valence-corrected chi connectivity index (χ4v) is 8.81. The standard InChI is InChI=1S/C67H116O5/c1-3-5-7-9-11-13-15-17-19-21-23-25-27-29-31-32-33-34-36-37-39-41-43-45-47-49-51-53-55-57-59-61-66(69)71-64-65(63-68)72-67(70)62-60-58-56-54-52-50-48-46-44-42-40-38-35-30-28-26-24-22-20-18-16-14-12-10-8-6-4-2/h6,8,12,14,18,20,24,26,30,35,40,42,46,48,52,54,65,68H,3-5,7,9-11,13,15-17,19,21-23,25,27-29,31-34,36-39,41,43-45,47,49-51,53,55-64H2,1-2H3/b8-6-,14-12-,20-18-,26-24-,35-30-,42-40-,48-46-,54-52-. The molecule has 5 heteroatoms. The maximum absolute atomic E-state index is 12.3. The highest BCUT2D eigenvalue weighted by atomic mass is 16.6. The zero-order chi connectivity index (χ0) is 52.0. The summed E-state index contributed by atoms with van der Waals surface area (Å²) < 4.78 is 10.7. The third-order valence-electron chi connectivity index (χ3n) is 13.4. The number of rotatable bonds is 56. The average molecular weight is 1000 g/mol. The van der Waals surface area contributed by atoms with Gasteiger partial charge in [-0.2, -0.15) is 0 Å². The average Bonchev–Trinajstić information content (AvgIpc) is 3.38. The van der Waals surface area contributed by atoms with Gasteiger partial charge >= 0.3 is 11.9 Å². The summed E-state index contributed by atoms with van der Waals surface area (Å²) in [7, 11) is 0. The molecule has 1 atom stereocenters. The van der Waals surface area contributed by atoms with Gasteiger partial charge in [0.25, 0.3) is 0 Å². The summed E-state index contributed by atoms with van der Waals surface area (Å²) in [5, 5.41) is 9.66. The monoisotopic (exact) mass is 1000 g/mol. The van der Waals surface area contributed by atoms with Gasteiger partial charge in [-0.3, -0.25) is 9.59 Å². The Morgan fingerprint density at radius 3 is 0.903 bits per heavy atom. The van der Waals surface area contributed by atoms with E-state index in [1.54, 1.807) is 0 Å². The molecule has 0 amide bonds. The van der Waals surface area contributed by atoms with Crippen LogP contribution in [0.3, 0.4) is 0 Å². The van der Waals surface area contributed by atoms with E-state index in [-0.39, 0.29) is 25.2 Å². The Morgan fingerprint density at radius 1 is 0.333 bits per heavy atom. The summed E-state index contributed by atoms with van der Waals surface area (Å²) in [5.74, 6) is -0.636. The minimum Gasteiger partial charge on any atom is -0.462 e. The minimum atomic E-state index is -0.802. The third-order valence-corrected chi connectivity index (χ3v) is 13.4. The minimum absolute atomic E-state index is 0.0863. The van der Waals surface area contributed by atoms with Crippen molar-refractivity contribution in [2.24, 2.45) is 0 Å². The lowest BCUT2D eigenvalue weighted by atomic mass is 10.0. The lowest BCUT2D eigenvalue weighted by Gasteiger charge is -2.15. The molecule has 0 aromatic heterocycles. The van der Waals surface area contributed by atoms with Crippen LogP contribution in [-0.4, -0.2) is 36.4 Å². The number of esters is 2. The summed E-state index contributed by atoms with van der Waals surface area (Å²) in [4.78, 5) is 24.5. The van der Waals surface area contributed by atoms with Crippen molar-refractivity contribution in [3.05, 3.63) is 97.2 Å². The van der Waals surface area contributed by atoms with Crippen LogP contribution in [0.1, 0.15) is 296 Å². The summed E-state index contributed by atoms with van der Waals surface area (Å²) in [6, 6.07) is 0. The molecule has 0 aliphatic rings. The first kappa shape index (κ1) is 68.8. The number of hydrogen-bond acceptors (Lipinski definition) is 5. The Labute approximate surface area is 447 Å². The van der Waals surface area contributed by atoms with E-state index in [0.717, 1.165) is 89.9 Å². The molecule has 0 heterocycles. The highest BCUT2D eigenvalue weighted by Gasteiger charge is 2.16. The van der Waals surface area contributed by atoms with E-state index >= 15 is 0 Å². The molecule has 5 nitrogen and oxygen atoms in total. The molecule has 0 spiro atoms. The zero-order valence-electron chi connectivity index (χ0n) is 47.4. The van der Waals surface area contributed by atoms with E-state index in [0.29, 0.717) is 12.8 Å². The molecule has 0 bridgehead atoms. The molecule has 0 aromatic rings. The molecule has 0 aliphatic carbocycles. The van der Waals surface area contributed by atoms with Crippen LogP contribution in [0.2, 0.25) is 0 Å². The van der Waals surface area contributed by atoms with E-state index in [9.17, 15) is 14.7 Å². The van der Waals surface area contributed by atoms with Crippen LogP contribution in [0, 0.1) is 0 Å². The summed E-state index contributed by atoms with van der Waals surface area (Å²) >= 11 is 0. The number of ether oxygens (including phenoxy) is 2. The predicted molar refractivity (Wildman–Crippen MR) is 316 cm³/mol. The summed E-state index contributed by atoms with van der Waals surface area (Å²) in [6.07, 6.45) is 88.4. The molecule has 0 aromatic carbocycles. The highest BCUT2D eigenvalue weighted by molar-refractivity contribution is 5.70. The maximum Gasteiger partial charge on any atom is 0.306 e. The van der Waals surface area contributed by atoms with E-state index in [2.05, 4.69) is 111 Å². The van der Waals surface area contributed by atoms with Crippen LogP contribution in [-0.2, 0) is 19.1 Å². The van der Waals surface area contributed by atoms with Crippen molar-refractivity contribution in [2.45, 2.75) is 302 Å². The quantitative estimate of drug-likeness (QED) is 0.0373. The number of aliphatic hydroxyl groups is 1. The predicted octanol–water partition coefficient (Wildman–Crippen LogP) is 21.1. The SMILES string of the molecule is CC/C=C\C/C=C\C/C=C\C/C=C\C/C=C\C/C=C\C/C=C\C/C=C\CCCCC(=O)OC(CO)COC(=O)CCCCCCCCCCCCCCCCCCCCCCCCCCCCCCCCC. The van der Waals surface area contributed by atoms with Crippen molar-refractivity contribution in [1.29, 1.82) is 0 Å². The summed E-state index contributed by atoms with van der Waals surface area (Å²) in [5.41, 5.74) is 0. The Balaban J connectivity index is 3.53. The maximum atomic E-state index is 12.3. The molecule has 0 saturated carbocycles. The van der Waals surface area contributed by atoms with E-state index < -0.39 is 6.10 Å². The van der Waals surface area contributed by atoms with Gasteiger partial charge in [-0.1, -0.05) is 304 Å². The van der Waals surface area contributed by atoms with E-state index in [4.69, 9.17) is 9.47 Å². The molecule has 0 aliphatic heterocycles. The number of carbonyl (C=O) groups is 2. The van der Waals surface area contributed by atoms with Gasteiger partial charge in [0.05, 0.1) is 6.61 Å². The second kappa shape index (κ2) is 62.1. The number of unbranched alkanes of at least 4 members (excludes halogenated alkanes) is 32. The fourth-order valence-electron chi connectivity index (χ4n) is 8.81. The van der Waals surface area contributed by atoms with Gasteiger partial charge < -0.3 is 14.6 Å². The van der Waals surface area contributed by atoms with Crippen LogP contribution in [0.5, 0.6) is 0 Å². The zero-order valence-corrected chi connectivity index (χ0v) is 47.4. The molecule has 0 rings (SSSR count). The Bertz CT molecular complexity index is 1360. The Kier molecular flexibility index (Phi) is 59.4. The third kappa shape index (κ3) is 59.4. The lowest BCUT2D eigenvalue weighted by molar-refractivity contribution is -0.161. The topological polar surface area (TPSA) is 72.8 Å². The van der Waals surface area contributed by atoms with Crippen molar-refractivity contribution < 1.29 is 24.2 Å². The van der Waals surface area contributed by atoms with Gasteiger partial charge in [-0.05, 0) is 77.0 Å². The largest absolute Gasteiger partial charge is 0.462 e. The molecule has 72 heavy (non-hydrogen) atoms. The van der Waals surface area contributed by atoms with Crippen LogP contribution in [0.15, 0.2) is 97.2 Å². The molecule has 1 unspecified atom stereocenters. The van der Waals surface area contributed by atoms with Crippen molar-refractivity contribution in [3.8, 4) is 0 Å². The smallest absolute Gasteiger partial charge is 0.306 e. The second-order valence-electron chi connectivity index (χ2n) is 20.4. The number of aliphatic hydroxyl groups excluding tert-OH is 1. The van der Waals surface area contributed by atoms with E-state index in [1.165, 1.54) is 180 Å². The molecule has 0 radical (unpaired) electrons. The first-order chi connectivity index (χ1) is 35.6. The van der Waals surface area contributed by atoms with Gasteiger partial charge in [0.1, 0.15) is 6.61 Å². The van der Waals surface area contributed by atoms with Crippen LogP contribution < -0.4 is 0 Å². The van der Waals surface area contributed by atoms with Crippen molar-refractivity contribution in [2.75, 3.05) is 13.2 Å². The molecular weight excluding hydrogens is 885 g/mol. The molecule has 0 saturated heterocycles. The summed E-state index contributed by atoms with van der Waals surface area (Å²) in [6.45, 7) is 4.02. The first-order valence-electron chi connectivity index (χ1n) is 30.8. The Morgan fingerprint density at radius 2 is 0.597 bits per heavy atom. The van der Waals surface area contributed by atoms with Crippen molar-refractivity contribution >= 4 is 11.9 Å².